The van der Waals surface area contributed by atoms with Crippen molar-refractivity contribution in [2.45, 2.75) is 13.0 Å². The number of nitrogen functional groups attached to an aromatic ring is 1. The van der Waals surface area contributed by atoms with E-state index in [0.29, 0.717) is 16.3 Å². The third-order valence-corrected chi connectivity index (χ3v) is 3.54. The van der Waals surface area contributed by atoms with Gasteiger partial charge in [-0.2, -0.15) is 0 Å². The number of hydrogen-bond donors (Lipinski definition) is 1. The minimum Gasteiger partial charge on any atom is -0.399 e. The van der Waals surface area contributed by atoms with Gasteiger partial charge in [0.15, 0.2) is 0 Å². The molecule has 0 heterocycles. The Bertz CT molecular complexity index is 640. The van der Waals surface area contributed by atoms with Crippen molar-refractivity contribution in [1.29, 1.82) is 0 Å². The molecule has 0 fully saturated rings. The molecule has 2 aromatic carbocycles. The number of benzene rings is 2. The third-order valence-electron chi connectivity index (χ3n) is 3.19. The minimum absolute atomic E-state index is 0.125. The number of carbonyl (C=O) groups is 1. The Morgan fingerprint density at radius 1 is 1.29 bits per heavy atom. The molecule has 0 aliphatic rings. The fourth-order valence-corrected chi connectivity index (χ4v) is 2.24. The number of amides is 1. The van der Waals surface area contributed by atoms with Crippen LogP contribution in [0, 0.1) is 5.82 Å². The third kappa shape index (κ3) is 3.95. The van der Waals surface area contributed by atoms with Crippen LogP contribution in [0.2, 0.25) is 5.02 Å². The van der Waals surface area contributed by atoms with Crippen LogP contribution in [-0.4, -0.2) is 17.9 Å². The maximum Gasteiger partial charge on any atom is 0.227 e. The highest BCUT2D eigenvalue weighted by atomic mass is 35.5. The average Bonchev–Trinajstić information content (AvgIpc) is 2.43. The van der Waals surface area contributed by atoms with Crippen molar-refractivity contribution in [1.82, 2.24) is 4.90 Å². The largest absolute Gasteiger partial charge is 0.399 e. The SMILES string of the molecule is CN(Cc1c(F)cccc1Cl)C(=O)Cc1cccc(N)c1. The zero-order valence-corrected chi connectivity index (χ0v) is 12.4. The molecule has 0 bridgehead atoms. The first kappa shape index (κ1) is 15.3. The van der Waals surface area contributed by atoms with E-state index in [4.69, 9.17) is 17.3 Å². The van der Waals surface area contributed by atoms with Gasteiger partial charge in [-0.25, -0.2) is 4.39 Å². The summed E-state index contributed by atoms with van der Waals surface area (Å²) >= 11 is 5.96. The molecule has 5 heteroatoms. The molecule has 0 saturated heterocycles. The number of nitrogens with zero attached hydrogens (tertiary/aromatic N) is 1. The summed E-state index contributed by atoms with van der Waals surface area (Å²) in [6.07, 6.45) is 0.216. The fourth-order valence-electron chi connectivity index (χ4n) is 2.02. The van der Waals surface area contributed by atoms with Gasteiger partial charge >= 0.3 is 0 Å². The first-order valence-electron chi connectivity index (χ1n) is 6.48. The Kier molecular flexibility index (Phi) is 4.81. The van der Waals surface area contributed by atoms with Crippen LogP contribution in [0.3, 0.4) is 0 Å². The first-order chi connectivity index (χ1) is 9.97. The Morgan fingerprint density at radius 3 is 2.67 bits per heavy atom. The Balaban J connectivity index is 2.06. The van der Waals surface area contributed by atoms with Crippen molar-refractivity contribution in [3.8, 4) is 0 Å². The lowest BCUT2D eigenvalue weighted by Crippen LogP contribution is -2.28. The molecule has 0 unspecified atom stereocenters. The van der Waals surface area contributed by atoms with Crippen LogP contribution in [0.4, 0.5) is 10.1 Å². The van der Waals surface area contributed by atoms with Crippen LogP contribution in [0.15, 0.2) is 42.5 Å². The molecule has 0 saturated carbocycles. The van der Waals surface area contributed by atoms with Gasteiger partial charge in [-0.1, -0.05) is 29.8 Å². The van der Waals surface area contributed by atoms with Gasteiger partial charge in [0.05, 0.1) is 6.42 Å². The van der Waals surface area contributed by atoms with Gasteiger partial charge in [0.1, 0.15) is 5.82 Å². The van der Waals surface area contributed by atoms with Crippen molar-refractivity contribution >= 4 is 23.2 Å². The summed E-state index contributed by atoms with van der Waals surface area (Å²) in [5, 5.41) is 0.318. The molecular formula is C16H16ClFN2O. The van der Waals surface area contributed by atoms with Crippen molar-refractivity contribution in [2.75, 3.05) is 12.8 Å². The topological polar surface area (TPSA) is 46.3 Å². The molecule has 0 spiro atoms. The van der Waals surface area contributed by atoms with E-state index in [-0.39, 0.29) is 18.9 Å². The summed E-state index contributed by atoms with van der Waals surface area (Å²) in [5.41, 5.74) is 7.44. The van der Waals surface area contributed by atoms with E-state index in [1.54, 1.807) is 31.3 Å². The van der Waals surface area contributed by atoms with Crippen LogP contribution in [0.25, 0.3) is 0 Å². The standard InChI is InChI=1S/C16H16ClFN2O/c1-20(10-13-14(17)6-3-7-15(13)18)16(21)9-11-4-2-5-12(19)8-11/h2-8H,9-10,19H2,1H3. The van der Waals surface area contributed by atoms with E-state index in [1.807, 2.05) is 6.07 Å². The second-order valence-corrected chi connectivity index (χ2v) is 5.28. The van der Waals surface area contributed by atoms with E-state index in [0.717, 1.165) is 5.56 Å². The van der Waals surface area contributed by atoms with E-state index in [1.165, 1.54) is 17.0 Å². The summed E-state index contributed by atoms with van der Waals surface area (Å²) in [6.45, 7) is 0.132. The molecule has 2 aromatic rings. The summed E-state index contributed by atoms with van der Waals surface area (Å²) < 4.78 is 13.7. The molecule has 0 aliphatic heterocycles. The Morgan fingerprint density at radius 2 is 2.00 bits per heavy atom. The molecule has 21 heavy (non-hydrogen) atoms. The van der Waals surface area contributed by atoms with Gasteiger partial charge in [-0.05, 0) is 29.8 Å². The van der Waals surface area contributed by atoms with Gasteiger partial charge in [0.2, 0.25) is 5.91 Å². The summed E-state index contributed by atoms with van der Waals surface area (Å²) in [4.78, 5) is 13.6. The summed E-state index contributed by atoms with van der Waals surface area (Å²) in [7, 11) is 1.62. The number of anilines is 1. The zero-order chi connectivity index (χ0) is 15.4. The molecule has 0 radical (unpaired) electrons. The number of likely N-dealkylation sites (N-methyl/N-ethyl adjacent to an activating group) is 1. The normalized spacial score (nSPS) is 10.4. The molecular weight excluding hydrogens is 291 g/mol. The van der Waals surface area contributed by atoms with Gasteiger partial charge in [-0.15, -0.1) is 0 Å². The molecule has 2 rings (SSSR count). The molecule has 0 aromatic heterocycles. The van der Waals surface area contributed by atoms with Crippen LogP contribution >= 0.6 is 11.6 Å². The van der Waals surface area contributed by atoms with Crippen LogP contribution in [-0.2, 0) is 17.8 Å². The maximum absolute atomic E-state index is 13.7. The fraction of sp³-hybridized carbons (Fsp3) is 0.188. The van der Waals surface area contributed by atoms with Crippen molar-refractivity contribution in [3.63, 3.8) is 0 Å². The lowest BCUT2D eigenvalue weighted by atomic mass is 10.1. The van der Waals surface area contributed by atoms with Gasteiger partial charge < -0.3 is 10.6 Å². The van der Waals surface area contributed by atoms with Crippen molar-refractivity contribution in [3.05, 3.63) is 64.4 Å². The van der Waals surface area contributed by atoms with Crippen molar-refractivity contribution < 1.29 is 9.18 Å². The lowest BCUT2D eigenvalue weighted by Gasteiger charge is -2.18. The smallest absolute Gasteiger partial charge is 0.227 e. The minimum atomic E-state index is -0.411. The zero-order valence-electron chi connectivity index (χ0n) is 11.6. The highest BCUT2D eigenvalue weighted by molar-refractivity contribution is 6.31. The number of nitrogens with two attached hydrogens (primary N) is 1. The van der Waals surface area contributed by atoms with E-state index < -0.39 is 5.82 Å². The molecule has 3 nitrogen and oxygen atoms in total. The van der Waals surface area contributed by atoms with Crippen LogP contribution in [0.5, 0.6) is 0 Å². The molecule has 2 N–H and O–H groups in total. The molecule has 1 amide bonds. The number of halogens is 2. The summed E-state index contributed by atoms with van der Waals surface area (Å²) in [6, 6.07) is 11.6. The summed E-state index contributed by atoms with van der Waals surface area (Å²) in [5.74, 6) is -0.536. The second kappa shape index (κ2) is 6.59. The molecule has 0 aliphatic carbocycles. The highest BCUT2D eigenvalue weighted by Crippen LogP contribution is 2.20. The average molecular weight is 307 g/mol. The molecule has 0 atom stereocenters. The second-order valence-electron chi connectivity index (χ2n) is 4.87. The van der Waals surface area contributed by atoms with Crippen molar-refractivity contribution in [2.24, 2.45) is 0 Å². The monoisotopic (exact) mass is 306 g/mol. The van der Waals surface area contributed by atoms with Crippen LogP contribution < -0.4 is 5.73 Å². The van der Waals surface area contributed by atoms with E-state index in [2.05, 4.69) is 0 Å². The van der Waals surface area contributed by atoms with Crippen LogP contribution in [0.1, 0.15) is 11.1 Å². The van der Waals surface area contributed by atoms with Gasteiger partial charge in [0.25, 0.3) is 0 Å². The van der Waals surface area contributed by atoms with Gasteiger partial charge in [-0.3, -0.25) is 4.79 Å². The molecule has 110 valence electrons. The maximum atomic E-state index is 13.7. The lowest BCUT2D eigenvalue weighted by molar-refractivity contribution is -0.129. The Labute approximate surface area is 128 Å². The predicted molar refractivity (Wildman–Crippen MR) is 82.4 cm³/mol. The number of carbonyl (C=O) groups excluding carboxylic acids is 1. The van der Waals surface area contributed by atoms with E-state index in [9.17, 15) is 9.18 Å². The predicted octanol–water partition coefficient (Wildman–Crippen LogP) is 3.26. The number of hydrogen-bond acceptors (Lipinski definition) is 2. The first-order valence-corrected chi connectivity index (χ1v) is 6.86. The van der Waals surface area contributed by atoms with Gasteiger partial charge in [0, 0.05) is 29.9 Å². The highest BCUT2D eigenvalue weighted by Gasteiger charge is 2.14. The number of rotatable bonds is 4. The quantitative estimate of drug-likeness (QED) is 0.881. The van der Waals surface area contributed by atoms with E-state index >= 15 is 0 Å². The Hall–Kier alpha value is -2.07.